The zero-order chi connectivity index (χ0) is 22.3. The van der Waals surface area contributed by atoms with Crippen LogP contribution in [0.3, 0.4) is 0 Å². The van der Waals surface area contributed by atoms with E-state index in [0.29, 0.717) is 12.6 Å². The van der Waals surface area contributed by atoms with Crippen LogP contribution in [0.4, 0.5) is 5.69 Å². The third-order valence-electron chi connectivity index (χ3n) is 6.49. The van der Waals surface area contributed by atoms with Gasteiger partial charge in [-0.25, -0.2) is 0 Å². The molecular weight excluding hydrogens is 517 g/mol. The van der Waals surface area contributed by atoms with Gasteiger partial charge in [-0.15, -0.1) is 24.0 Å². The molecule has 0 spiro atoms. The number of methoxy groups -OCH3 is 1. The summed E-state index contributed by atoms with van der Waals surface area (Å²) >= 11 is 0. The van der Waals surface area contributed by atoms with Gasteiger partial charge in [0.1, 0.15) is 5.75 Å². The summed E-state index contributed by atoms with van der Waals surface area (Å²) < 4.78 is 5.39. The van der Waals surface area contributed by atoms with Crippen LogP contribution in [0.15, 0.2) is 29.3 Å². The molecule has 0 bridgehead atoms. The number of guanidine groups is 1. The van der Waals surface area contributed by atoms with Gasteiger partial charge < -0.3 is 25.2 Å². The zero-order valence-electron chi connectivity index (χ0n) is 20.0. The minimum atomic E-state index is -0.342. The molecule has 8 heteroatoms. The molecule has 1 aromatic carbocycles. The molecule has 7 nitrogen and oxygen atoms in total. The summed E-state index contributed by atoms with van der Waals surface area (Å²) in [5, 5.41) is 7.02. The van der Waals surface area contributed by atoms with Crippen molar-refractivity contribution in [1.82, 2.24) is 15.5 Å². The van der Waals surface area contributed by atoms with Crippen molar-refractivity contribution >= 4 is 41.5 Å². The average molecular weight is 558 g/mol. The molecule has 1 saturated heterocycles. The van der Waals surface area contributed by atoms with E-state index in [0.717, 1.165) is 69.9 Å². The number of carbonyl (C=O) groups is 1. The number of benzene rings is 1. The maximum atomic E-state index is 12.9. The van der Waals surface area contributed by atoms with Gasteiger partial charge in [-0.05, 0) is 44.7 Å². The SMILES string of the molecule is CCNC(=NCC1(C(=O)N(C)C)CCCC1)NC1CCCN(c2cccc(OC)c2)C1.I. The Morgan fingerprint density at radius 3 is 2.69 bits per heavy atom. The highest BCUT2D eigenvalue weighted by Crippen LogP contribution is 2.39. The van der Waals surface area contributed by atoms with Crippen molar-refractivity contribution < 1.29 is 9.53 Å². The van der Waals surface area contributed by atoms with Gasteiger partial charge in [-0.3, -0.25) is 9.79 Å². The molecule has 2 fully saturated rings. The predicted octanol–water partition coefficient (Wildman–Crippen LogP) is 3.49. The van der Waals surface area contributed by atoms with Crippen LogP contribution in [-0.4, -0.2) is 70.2 Å². The third kappa shape index (κ3) is 6.65. The summed E-state index contributed by atoms with van der Waals surface area (Å²) in [6.07, 6.45) is 6.30. The Hall–Kier alpha value is -1.71. The van der Waals surface area contributed by atoms with Crippen LogP contribution < -0.4 is 20.3 Å². The quantitative estimate of drug-likeness (QED) is 0.305. The Morgan fingerprint density at radius 1 is 1.28 bits per heavy atom. The number of anilines is 1. The van der Waals surface area contributed by atoms with Gasteiger partial charge in [-0.2, -0.15) is 0 Å². The number of ether oxygens (including phenoxy) is 1. The fourth-order valence-corrected chi connectivity index (χ4v) is 4.85. The summed E-state index contributed by atoms with van der Waals surface area (Å²) in [5.74, 6) is 1.92. The molecule has 1 aliphatic carbocycles. The molecule has 1 unspecified atom stereocenters. The molecule has 2 aliphatic rings. The Labute approximate surface area is 210 Å². The van der Waals surface area contributed by atoms with Gasteiger partial charge in [0.2, 0.25) is 5.91 Å². The molecule has 0 aromatic heterocycles. The van der Waals surface area contributed by atoms with Crippen LogP contribution in [0.1, 0.15) is 45.4 Å². The summed E-state index contributed by atoms with van der Waals surface area (Å²) in [6, 6.07) is 8.56. The second-order valence-electron chi connectivity index (χ2n) is 9.01. The molecule has 1 saturated carbocycles. The molecule has 0 radical (unpaired) electrons. The van der Waals surface area contributed by atoms with Crippen LogP contribution in [-0.2, 0) is 4.79 Å². The molecule has 1 amide bonds. The van der Waals surface area contributed by atoms with Crippen molar-refractivity contribution in [3.63, 3.8) is 0 Å². The molecular formula is C24H40IN5O2. The average Bonchev–Trinajstić information content (AvgIpc) is 3.27. The number of piperidine rings is 1. The largest absolute Gasteiger partial charge is 0.497 e. The monoisotopic (exact) mass is 557 g/mol. The predicted molar refractivity (Wildman–Crippen MR) is 142 cm³/mol. The van der Waals surface area contributed by atoms with Crippen LogP contribution >= 0.6 is 24.0 Å². The fraction of sp³-hybridized carbons (Fsp3) is 0.667. The van der Waals surface area contributed by atoms with Crippen molar-refractivity contribution in [2.75, 3.05) is 52.3 Å². The standard InChI is InChI=1S/C24H39N5O2.HI/c1-5-25-23(26-18-24(13-6-7-14-24)22(30)28(2)3)27-19-10-9-15-29(17-19)20-11-8-12-21(16-20)31-4;/h8,11-12,16,19H,5-7,9-10,13-15,17-18H2,1-4H3,(H2,25,26,27);1H. The number of amides is 1. The lowest BCUT2D eigenvalue weighted by Crippen LogP contribution is -2.51. The minimum Gasteiger partial charge on any atom is -0.497 e. The lowest BCUT2D eigenvalue weighted by Gasteiger charge is -2.36. The molecule has 32 heavy (non-hydrogen) atoms. The Morgan fingerprint density at radius 2 is 2.03 bits per heavy atom. The first-order valence-electron chi connectivity index (χ1n) is 11.6. The van der Waals surface area contributed by atoms with Crippen LogP contribution in [0.5, 0.6) is 5.75 Å². The van der Waals surface area contributed by atoms with Crippen molar-refractivity contribution in [2.45, 2.75) is 51.5 Å². The first-order valence-corrected chi connectivity index (χ1v) is 11.6. The van der Waals surface area contributed by atoms with Crippen molar-refractivity contribution in [3.8, 4) is 5.75 Å². The number of halogens is 1. The van der Waals surface area contributed by atoms with Gasteiger partial charge >= 0.3 is 0 Å². The number of carbonyl (C=O) groups excluding carboxylic acids is 1. The van der Waals surface area contributed by atoms with E-state index in [9.17, 15) is 4.79 Å². The summed E-state index contributed by atoms with van der Waals surface area (Å²) in [4.78, 5) is 21.9. The molecule has 1 aromatic rings. The molecule has 1 aliphatic heterocycles. The first kappa shape index (κ1) is 26.5. The van der Waals surface area contributed by atoms with Gasteiger partial charge in [0.15, 0.2) is 5.96 Å². The highest BCUT2D eigenvalue weighted by atomic mass is 127. The third-order valence-corrected chi connectivity index (χ3v) is 6.49. The lowest BCUT2D eigenvalue weighted by molar-refractivity contribution is -0.138. The summed E-state index contributed by atoms with van der Waals surface area (Å²) in [7, 11) is 5.41. The van der Waals surface area contributed by atoms with Gasteiger partial charge in [0.25, 0.3) is 0 Å². The number of nitrogens with one attached hydrogen (secondary N) is 2. The number of rotatable bonds is 7. The number of aliphatic imine (C=N–C) groups is 1. The Bertz CT molecular complexity index is 765. The van der Waals surface area contributed by atoms with E-state index in [1.165, 1.54) is 5.69 Å². The van der Waals surface area contributed by atoms with Crippen LogP contribution in [0.25, 0.3) is 0 Å². The van der Waals surface area contributed by atoms with Crippen molar-refractivity contribution in [1.29, 1.82) is 0 Å². The maximum Gasteiger partial charge on any atom is 0.230 e. The Kier molecular flexibility index (Phi) is 10.4. The van der Waals surface area contributed by atoms with Gasteiger partial charge in [0.05, 0.1) is 19.1 Å². The van der Waals surface area contributed by atoms with Gasteiger partial charge in [-0.1, -0.05) is 18.9 Å². The molecule has 1 heterocycles. The van der Waals surface area contributed by atoms with Crippen molar-refractivity contribution in [2.24, 2.45) is 10.4 Å². The van der Waals surface area contributed by atoms with E-state index in [4.69, 9.17) is 9.73 Å². The first-order chi connectivity index (χ1) is 15.0. The fourth-order valence-electron chi connectivity index (χ4n) is 4.85. The molecule has 180 valence electrons. The number of nitrogens with zero attached hydrogens (tertiary/aromatic N) is 3. The highest BCUT2D eigenvalue weighted by molar-refractivity contribution is 14.0. The van der Waals surface area contributed by atoms with Crippen molar-refractivity contribution in [3.05, 3.63) is 24.3 Å². The van der Waals surface area contributed by atoms with E-state index in [-0.39, 0.29) is 35.3 Å². The van der Waals surface area contributed by atoms with E-state index in [1.807, 2.05) is 26.2 Å². The zero-order valence-corrected chi connectivity index (χ0v) is 22.4. The lowest BCUT2D eigenvalue weighted by atomic mass is 9.85. The minimum absolute atomic E-state index is 0. The highest BCUT2D eigenvalue weighted by Gasteiger charge is 2.42. The Balaban J connectivity index is 0.00000363. The second-order valence-corrected chi connectivity index (χ2v) is 9.01. The normalized spacial score (nSPS) is 20.3. The van der Waals surface area contributed by atoms with Gasteiger partial charge in [0, 0.05) is 51.5 Å². The summed E-state index contributed by atoms with van der Waals surface area (Å²) in [6.45, 7) is 5.38. The second kappa shape index (κ2) is 12.5. The summed E-state index contributed by atoms with van der Waals surface area (Å²) in [5.41, 5.74) is 0.847. The number of hydrogen-bond acceptors (Lipinski definition) is 4. The van der Waals surface area contributed by atoms with E-state index in [2.05, 4.69) is 34.6 Å². The molecule has 2 N–H and O–H groups in total. The van der Waals surface area contributed by atoms with E-state index in [1.54, 1.807) is 12.0 Å². The molecule has 1 atom stereocenters. The van der Waals surface area contributed by atoms with Crippen LogP contribution in [0, 0.1) is 5.41 Å². The maximum absolute atomic E-state index is 12.9. The smallest absolute Gasteiger partial charge is 0.230 e. The number of hydrogen-bond donors (Lipinski definition) is 2. The van der Waals surface area contributed by atoms with E-state index >= 15 is 0 Å². The van der Waals surface area contributed by atoms with Crippen LogP contribution in [0.2, 0.25) is 0 Å². The van der Waals surface area contributed by atoms with E-state index < -0.39 is 0 Å². The molecule has 3 rings (SSSR count). The topological polar surface area (TPSA) is 69.2 Å².